The van der Waals surface area contributed by atoms with Crippen LogP contribution >= 0.6 is 0 Å². The second kappa shape index (κ2) is 7.68. The molecule has 0 aliphatic carbocycles. The number of para-hydroxylation sites is 2. The summed E-state index contributed by atoms with van der Waals surface area (Å²) in [6.45, 7) is 2.04. The fourth-order valence-corrected chi connectivity index (χ4v) is 3.91. The van der Waals surface area contributed by atoms with E-state index >= 15 is 0 Å². The first-order chi connectivity index (χ1) is 15.1. The smallest absolute Gasteiger partial charge is 0.265 e. The van der Waals surface area contributed by atoms with Gasteiger partial charge in [0.2, 0.25) is 0 Å². The standard InChI is InChI=1S/C24H21N5O2/c1-16-10-12-17(13-11-16)20-14-22(18-6-2-5-9-23(18)30)29(26-20)24(31)15-28-21-8-4-3-7-19(21)25-27-28/h2-13,22,30H,14-15H2,1H3. The molecule has 1 aliphatic heterocycles. The molecule has 1 aromatic heterocycles. The lowest BCUT2D eigenvalue weighted by Crippen LogP contribution is -2.30. The van der Waals surface area contributed by atoms with Gasteiger partial charge in [-0.25, -0.2) is 9.69 Å². The zero-order valence-corrected chi connectivity index (χ0v) is 17.0. The first-order valence-corrected chi connectivity index (χ1v) is 10.1. The zero-order chi connectivity index (χ0) is 21.4. The molecule has 4 aromatic rings. The van der Waals surface area contributed by atoms with Crippen molar-refractivity contribution in [3.8, 4) is 5.75 Å². The normalized spacial score (nSPS) is 16.0. The molecule has 1 unspecified atom stereocenters. The van der Waals surface area contributed by atoms with E-state index in [0.29, 0.717) is 12.0 Å². The molecule has 0 saturated heterocycles. The van der Waals surface area contributed by atoms with Crippen molar-refractivity contribution in [2.75, 3.05) is 0 Å². The number of phenolic OH excluding ortho intramolecular Hbond substituents is 1. The number of rotatable bonds is 4. The van der Waals surface area contributed by atoms with Gasteiger partial charge in [0.05, 0.1) is 17.3 Å². The van der Waals surface area contributed by atoms with E-state index in [-0.39, 0.29) is 24.2 Å². The third-order valence-electron chi connectivity index (χ3n) is 5.55. The first-order valence-electron chi connectivity index (χ1n) is 10.1. The molecule has 1 atom stereocenters. The van der Waals surface area contributed by atoms with E-state index in [0.717, 1.165) is 27.9 Å². The third-order valence-corrected chi connectivity index (χ3v) is 5.55. The molecule has 0 spiro atoms. The minimum Gasteiger partial charge on any atom is -0.508 e. The summed E-state index contributed by atoms with van der Waals surface area (Å²) in [6, 6.07) is 22.3. The van der Waals surface area contributed by atoms with Gasteiger partial charge in [-0.05, 0) is 30.7 Å². The monoisotopic (exact) mass is 411 g/mol. The molecular formula is C24H21N5O2. The molecular weight excluding hydrogens is 390 g/mol. The van der Waals surface area contributed by atoms with Crippen LogP contribution in [0.2, 0.25) is 0 Å². The van der Waals surface area contributed by atoms with Gasteiger partial charge in [0.25, 0.3) is 5.91 Å². The SMILES string of the molecule is Cc1ccc(C2=NN(C(=O)Cn3nnc4ccccc43)C(c3ccccc3O)C2)cc1. The summed E-state index contributed by atoms with van der Waals surface area (Å²) in [4.78, 5) is 13.3. The van der Waals surface area contributed by atoms with E-state index in [4.69, 9.17) is 0 Å². The lowest BCUT2D eigenvalue weighted by molar-refractivity contribution is -0.133. The molecule has 0 saturated carbocycles. The minimum absolute atomic E-state index is 0.00921. The Hall–Kier alpha value is -4.00. The number of hydrogen-bond acceptors (Lipinski definition) is 5. The molecule has 3 aromatic carbocycles. The zero-order valence-electron chi connectivity index (χ0n) is 17.0. The van der Waals surface area contributed by atoms with E-state index in [9.17, 15) is 9.90 Å². The molecule has 1 amide bonds. The summed E-state index contributed by atoms with van der Waals surface area (Å²) >= 11 is 0. The lowest BCUT2D eigenvalue weighted by atomic mass is 9.97. The number of amides is 1. The highest BCUT2D eigenvalue weighted by Crippen LogP contribution is 2.37. The van der Waals surface area contributed by atoms with Crippen molar-refractivity contribution in [2.45, 2.75) is 25.9 Å². The van der Waals surface area contributed by atoms with E-state index < -0.39 is 0 Å². The van der Waals surface area contributed by atoms with Gasteiger partial charge < -0.3 is 5.11 Å². The van der Waals surface area contributed by atoms with Crippen molar-refractivity contribution in [3.05, 3.63) is 89.5 Å². The topological polar surface area (TPSA) is 83.6 Å². The highest BCUT2D eigenvalue weighted by molar-refractivity contribution is 6.03. The van der Waals surface area contributed by atoms with Gasteiger partial charge in [0.1, 0.15) is 17.8 Å². The highest BCUT2D eigenvalue weighted by atomic mass is 16.3. The Morgan fingerprint density at radius 3 is 2.58 bits per heavy atom. The fourth-order valence-electron chi connectivity index (χ4n) is 3.91. The number of phenols is 1. The average molecular weight is 411 g/mol. The Kier molecular flexibility index (Phi) is 4.71. The summed E-state index contributed by atoms with van der Waals surface area (Å²) < 4.78 is 1.58. The summed E-state index contributed by atoms with van der Waals surface area (Å²) in [5, 5.41) is 24.9. The van der Waals surface area contributed by atoms with E-state index in [1.54, 1.807) is 16.8 Å². The largest absolute Gasteiger partial charge is 0.508 e. The van der Waals surface area contributed by atoms with Crippen molar-refractivity contribution in [3.63, 3.8) is 0 Å². The van der Waals surface area contributed by atoms with Crippen LogP contribution in [-0.4, -0.2) is 36.7 Å². The maximum absolute atomic E-state index is 13.3. The fraction of sp³-hybridized carbons (Fsp3) is 0.167. The predicted molar refractivity (Wildman–Crippen MR) is 118 cm³/mol. The minimum atomic E-state index is -0.389. The number of carbonyl (C=O) groups excluding carboxylic acids is 1. The van der Waals surface area contributed by atoms with Gasteiger partial charge in [-0.3, -0.25) is 4.79 Å². The molecule has 154 valence electrons. The number of carbonyl (C=O) groups is 1. The van der Waals surface area contributed by atoms with Crippen LogP contribution in [0, 0.1) is 6.92 Å². The van der Waals surface area contributed by atoms with Gasteiger partial charge in [-0.15, -0.1) is 5.10 Å². The Morgan fingerprint density at radius 2 is 1.77 bits per heavy atom. The maximum Gasteiger partial charge on any atom is 0.265 e. The van der Waals surface area contributed by atoms with Crippen LogP contribution in [-0.2, 0) is 11.3 Å². The Bertz CT molecular complexity index is 1290. The predicted octanol–water partition coefficient (Wildman–Crippen LogP) is 3.82. The number of aromatic hydroxyl groups is 1. The lowest BCUT2D eigenvalue weighted by Gasteiger charge is -2.22. The number of aryl methyl sites for hydroxylation is 1. The second-order valence-corrected chi connectivity index (χ2v) is 7.67. The summed E-state index contributed by atoms with van der Waals surface area (Å²) in [6.07, 6.45) is 0.518. The van der Waals surface area contributed by atoms with Gasteiger partial charge in [-0.1, -0.05) is 65.4 Å². The first kappa shape index (κ1) is 19.0. The molecule has 2 heterocycles. The molecule has 1 N–H and O–H groups in total. The van der Waals surface area contributed by atoms with Crippen molar-refractivity contribution < 1.29 is 9.90 Å². The summed E-state index contributed by atoms with van der Waals surface area (Å²) in [5.74, 6) is -0.0668. The molecule has 0 bridgehead atoms. The number of aromatic nitrogens is 3. The van der Waals surface area contributed by atoms with Crippen LogP contribution in [0.1, 0.15) is 29.2 Å². The van der Waals surface area contributed by atoms with Crippen molar-refractivity contribution in [1.82, 2.24) is 20.0 Å². The summed E-state index contributed by atoms with van der Waals surface area (Å²) in [5.41, 5.74) is 5.13. The molecule has 0 radical (unpaired) electrons. The van der Waals surface area contributed by atoms with Crippen LogP contribution in [0.15, 0.2) is 77.9 Å². The van der Waals surface area contributed by atoms with Gasteiger partial charge in [-0.2, -0.15) is 5.10 Å². The van der Waals surface area contributed by atoms with E-state index in [1.807, 2.05) is 67.6 Å². The van der Waals surface area contributed by atoms with Crippen LogP contribution in [0.25, 0.3) is 11.0 Å². The number of nitrogens with zero attached hydrogens (tertiary/aromatic N) is 5. The van der Waals surface area contributed by atoms with Gasteiger partial charge >= 0.3 is 0 Å². The van der Waals surface area contributed by atoms with Crippen molar-refractivity contribution >= 4 is 22.7 Å². The number of hydrazone groups is 1. The maximum atomic E-state index is 13.3. The van der Waals surface area contributed by atoms with Crippen molar-refractivity contribution in [1.29, 1.82) is 0 Å². The molecule has 7 heteroatoms. The van der Waals surface area contributed by atoms with Crippen LogP contribution in [0.5, 0.6) is 5.75 Å². The van der Waals surface area contributed by atoms with Gasteiger partial charge in [0.15, 0.2) is 0 Å². The van der Waals surface area contributed by atoms with Crippen LogP contribution in [0.4, 0.5) is 0 Å². The Morgan fingerprint density at radius 1 is 1.03 bits per heavy atom. The number of fused-ring (bicyclic) bond motifs is 1. The molecule has 7 nitrogen and oxygen atoms in total. The molecule has 31 heavy (non-hydrogen) atoms. The summed E-state index contributed by atoms with van der Waals surface area (Å²) in [7, 11) is 0. The van der Waals surface area contributed by atoms with Gasteiger partial charge in [0, 0.05) is 12.0 Å². The van der Waals surface area contributed by atoms with E-state index in [1.165, 1.54) is 5.01 Å². The van der Waals surface area contributed by atoms with E-state index in [2.05, 4.69) is 15.4 Å². The highest BCUT2D eigenvalue weighted by Gasteiger charge is 2.34. The Balaban J connectivity index is 1.50. The number of hydrogen-bond donors (Lipinski definition) is 1. The Labute approximate surface area is 179 Å². The average Bonchev–Trinajstić information content (AvgIpc) is 3.40. The number of benzene rings is 3. The van der Waals surface area contributed by atoms with Crippen LogP contribution < -0.4 is 0 Å². The second-order valence-electron chi connectivity index (χ2n) is 7.67. The molecule has 1 aliphatic rings. The van der Waals surface area contributed by atoms with Crippen molar-refractivity contribution in [2.24, 2.45) is 5.10 Å². The van der Waals surface area contributed by atoms with Crippen LogP contribution in [0.3, 0.4) is 0 Å². The molecule has 0 fully saturated rings. The molecule has 5 rings (SSSR count). The third kappa shape index (κ3) is 3.54. The quantitative estimate of drug-likeness (QED) is 0.553.